The summed E-state index contributed by atoms with van der Waals surface area (Å²) in [6, 6.07) is 7.20. The van der Waals surface area contributed by atoms with Gasteiger partial charge in [0.2, 0.25) is 11.8 Å². The number of amides is 2. The second-order valence-corrected chi connectivity index (χ2v) is 6.37. The van der Waals surface area contributed by atoms with Gasteiger partial charge in [0.1, 0.15) is 0 Å². The second kappa shape index (κ2) is 9.64. The third kappa shape index (κ3) is 5.21. The lowest BCUT2D eigenvalue weighted by Gasteiger charge is -2.18. The van der Waals surface area contributed by atoms with Gasteiger partial charge in [-0.15, -0.1) is 0 Å². The summed E-state index contributed by atoms with van der Waals surface area (Å²) in [7, 11) is 0. The topological polar surface area (TPSA) is 58.6 Å². The summed E-state index contributed by atoms with van der Waals surface area (Å²) in [5.41, 5.74) is 0.670. The Morgan fingerprint density at radius 3 is 2.83 bits per heavy atom. The molecule has 2 amide bonds. The number of unbranched alkanes of at least 4 members (excludes halogenated alkanes) is 1. The van der Waals surface area contributed by atoms with Gasteiger partial charge in [0.15, 0.2) is 0 Å². The minimum atomic E-state index is -0.324. The number of nitrogens with zero attached hydrogens (tertiary/aromatic N) is 1. The molecule has 1 aromatic carbocycles. The number of hydrogen-bond acceptors (Lipinski definition) is 3. The van der Waals surface area contributed by atoms with Crippen molar-refractivity contribution in [2.45, 2.75) is 32.6 Å². The minimum absolute atomic E-state index is 0.0638. The molecule has 1 heterocycles. The standard InChI is InChI=1S/C18H25ClN2O3/c1-2-3-10-24-11-6-9-20-18(23)14-12-17(22)21(13-14)16-8-5-4-7-15(16)19/h4-5,7-8,14H,2-3,6,9-13H2,1H3,(H,20,23). The van der Waals surface area contributed by atoms with Crippen molar-refractivity contribution >= 4 is 29.1 Å². The lowest BCUT2D eigenvalue weighted by molar-refractivity contribution is -0.126. The van der Waals surface area contributed by atoms with Crippen molar-refractivity contribution in [3.8, 4) is 0 Å². The summed E-state index contributed by atoms with van der Waals surface area (Å²) < 4.78 is 5.46. The molecule has 1 fully saturated rings. The van der Waals surface area contributed by atoms with E-state index in [0.717, 1.165) is 25.9 Å². The fourth-order valence-corrected chi connectivity index (χ4v) is 2.90. The Bertz CT molecular complexity index is 565. The monoisotopic (exact) mass is 352 g/mol. The number of para-hydroxylation sites is 1. The molecule has 6 heteroatoms. The van der Waals surface area contributed by atoms with E-state index in [1.54, 1.807) is 17.0 Å². The van der Waals surface area contributed by atoms with E-state index in [4.69, 9.17) is 16.3 Å². The largest absolute Gasteiger partial charge is 0.381 e. The van der Waals surface area contributed by atoms with Gasteiger partial charge in [-0.25, -0.2) is 0 Å². The van der Waals surface area contributed by atoms with Gasteiger partial charge in [-0.1, -0.05) is 37.1 Å². The summed E-state index contributed by atoms with van der Waals surface area (Å²) in [4.78, 5) is 26.0. The molecule has 1 aromatic rings. The molecule has 5 nitrogen and oxygen atoms in total. The van der Waals surface area contributed by atoms with E-state index < -0.39 is 0 Å². The number of halogens is 1. The molecule has 132 valence electrons. The van der Waals surface area contributed by atoms with Crippen LogP contribution in [0.4, 0.5) is 5.69 Å². The number of hydrogen-bond donors (Lipinski definition) is 1. The second-order valence-electron chi connectivity index (χ2n) is 5.97. The van der Waals surface area contributed by atoms with E-state index in [0.29, 0.717) is 30.4 Å². The van der Waals surface area contributed by atoms with Crippen LogP contribution in [0.1, 0.15) is 32.6 Å². The summed E-state index contributed by atoms with van der Waals surface area (Å²) in [5.74, 6) is -0.465. The Labute approximate surface area is 148 Å². The van der Waals surface area contributed by atoms with E-state index in [-0.39, 0.29) is 24.2 Å². The zero-order chi connectivity index (χ0) is 17.4. The predicted molar refractivity (Wildman–Crippen MR) is 95.3 cm³/mol. The number of carbonyl (C=O) groups excluding carboxylic acids is 2. The van der Waals surface area contributed by atoms with Crippen LogP contribution in [0.5, 0.6) is 0 Å². The molecule has 1 N–H and O–H groups in total. The minimum Gasteiger partial charge on any atom is -0.381 e. The maximum atomic E-state index is 12.2. The number of nitrogens with one attached hydrogen (secondary N) is 1. The van der Waals surface area contributed by atoms with E-state index in [9.17, 15) is 9.59 Å². The maximum Gasteiger partial charge on any atom is 0.227 e. The normalized spacial score (nSPS) is 17.3. The highest BCUT2D eigenvalue weighted by Gasteiger charge is 2.35. The number of carbonyl (C=O) groups is 2. The molecule has 24 heavy (non-hydrogen) atoms. The third-order valence-corrected chi connectivity index (χ3v) is 4.37. The van der Waals surface area contributed by atoms with Gasteiger partial charge in [0.25, 0.3) is 0 Å². The molecule has 1 saturated heterocycles. The first kappa shape index (κ1) is 18.7. The summed E-state index contributed by atoms with van der Waals surface area (Å²) in [5, 5.41) is 3.42. The number of ether oxygens (including phenoxy) is 1. The highest BCUT2D eigenvalue weighted by molar-refractivity contribution is 6.33. The Kier molecular flexibility index (Phi) is 7.53. The smallest absolute Gasteiger partial charge is 0.227 e. The van der Waals surface area contributed by atoms with Crippen molar-refractivity contribution in [2.75, 3.05) is 31.2 Å². The molecular formula is C18H25ClN2O3. The van der Waals surface area contributed by atoms with E-state index in [1.807, 2.05) is 12.1 Å². The molecule has 0 radical (unpaired) electrons. The third-order valence-electron chi connectivity index (χ3n) is 4.05. The maximum absolute atomic E-state index is 12.2. The van der Waals surface area contributed by atoms with Crippen molar-refractivity contribution in [3.05, 3.63) is 29.3 Å². The van der Waals surface area contributed by atoms with Gasteiger partial charge in [-0.05, 0) is 25.0 Å². The average molecular weight is 353 g/mol. The zero-order valence-electron chi connectivity index (χ0n) is 14.1. The zero-order valence-corrected chi connectivity index (χ0v) is 14.8. The van der Waals surface area contributed by atoms with Gasteiger partial charge in [-0.3, -0.25) is 9.59 Å². The van der Waals surface area contributed by atoms with Crippen molar-refractivity contribution < 1.29 is 14.3 Å². The SMILES string of the molecule is CCCCOCCCNC(=O)C1CC(=O)N(c2ccccc2Cl)C1. The van der Waals surface area contributed by atoms with Crippen LogP contribution in [0.25, 0.3) is 0 Å². The molecule has 0 bridgehead atoms. The van der Waals surface area contributed by atoms with Crippen molar-refractivity contribution in [2.24, 2.45) is 5.92 Å². The van der Waals surface area contributed by atoms with Crippen molar-refractivity contribution in [3.63, 3.8) is 0 Å². The molecule has 0 aromatic heterocycles. The predicted octanol–water partition coefficient (Wildman–Crippen LogP) is 3.02. The Hall–Kier alpha value is -1.59. The van der Waals surface area contributed by atoms with Gasteiger partial charge >= 0.3 is 0 Å². The van der Waals surface area contributed by atoms with Crippen LogP contribution in [-0.2, 0) is 14.3 Å². The number of rotatable bonds is 9. The molecular weight excluding hydrogens is 328 g/mol. The van der Waals surface area contributed by atoms with Gasteiger partial charge in [-0.2, -0.15) is 0 Å². The van der Waals surface area contributed by atoms with E-state index >= 15 is 0 Å². The van der Waals surface area contributed by atoms with Gasteiger partial charge in [0.05, 0.1) is 16.6 Å². The Balaban J connectivity index is 1.75. The van der Waals surface area contributed by atoms with Crippen LogP contribution in [0.15, 0.2) is 24.3 Å². The Morgan fingerprint density at radius 2 is 2.08 bits per heavy atom. The van der Waals surface area contributed by atoms with Crippen LogP contribution in [-0.4, -0.2) is 38.1 Å². The molecule has 1 unspecified atom stereocenters. The average Bonchev–Trinajstić information content (AvgIpc) is 2.96. The van der Waals surface area contributed by atoms with Crippen LogP contribution < -0.4 is 10.2 Å². The van der Waals surface area contributed by atoms with Crippen LogP contribution in [0, 0.1) is 5.92 Å². The number of benzene rings is 1. The fourth-order valence-electron chi connectivity index (χ4n) is 2.67. The van der Waals surface area contributed by atoms with Crippen molar-refractivity contribution in [1.82, 2.24) is 5.32 Å². The summed E-state index contributed by atoms with van der Waals surface area (Å²) >= 11 is 6.14. The molecule has 0 aliphatic carbocycles. The van der Waals surface area contributed by atoms with E-state index in [1.165, 1.54) is 0 Å². The highest BCUT2D eigenvalue weighted by Crippen LogP contribution is 2.30. The number of anilines is 1. The first-order chi connectivity index (χ1) is 11.6. The first-order valence-electron chi connectivity index (χ1n) is 8.53. The first-order valence-corrected chi connectivity index (χ1v) is 8.91. The highest BCUT2D eigenvalue weighted by atomic mass is 35.5. The fraction of sp³-hybridized carbons (Fsp3) is 0.556. The van der Waals surface area contributed by atoms with Gasteiger partial charge < -0.3 is 15.0 Å². The molecule has 0 saturated carbocycles. The molecule has 1 aliphatic rings. The molecule has 0 spiro atoms. The van der Waals surface area contributed by atoms with Crippen LogP contribution >= 0.6 is 11.6 Å². The van der Waals surface area contributed by atoms with E-state index in [2.05, 4.69) is 12.2 Å². The van der Waals surface area contributed by atoms with Crippen molar-refractivity contribution in [1.29, 1.82) is 0 Å². The van der Waals surface area contributed by atoms with Crippen LogP contribution in [0.2, 0.25) is 5.02 Å². The molecule has 2 rings (SSSR count). The lowest BCUT2D eigenvalue weighted by Crippen LogP contribution is -2.34. The lowest BCUT2D eigenvalue weighted by atomic mass is 10.1. The van der Waals surface area contributed by atoms with Gasteiger partial charge in [0, 0.05) is 32.7 Å². The molecule has 1 aliphatic heterocycles. The summed E-state index contributed by atoms with van der Waals surface area (Å²) in [6.45, 7) is 4.49. The Morgan fingerprint density at radius 1 is 1.33 bits per heavy atom. The summed E-state index contributed by atoms with van der Waals surface area (Å²) in [6.07, 6.45) is 3.19. The van der Waals surface area contributed by atoms with Crippen LogP contribution in [0.3, 0.4) is 0 Å². The molecule has 1 atom stereocenters. The quantitative estimate of drug-likeness (QED) is 0.695.